The van der Waals surface area contributed by atoms with E-state index >= 15 is 0 Å². The number of para-hydroxylation sites is 1. The van der Waals surface area contributed by atoms with E-state index in [2.05, 4.69) is 5.32 Å². The van der Waals surface area contributed by atoms with Crippen LogP contribution in [0.2, 0.25) is 0 Å². The summed E-state index contributed by atoms with van der Waals surface area (Å²) in [5, 5.41) is 2.88. The first-order valence-corrected chi connectivity index (χ1v) is 6.38. The van der Waals surface area contributed by atoms with Gasteiger partial charge in [-0.05, 0) is 18.6 Å². The molecule has 1 N–H and O–H groups in total. The van der Waals surface area contributed by atoms with Crippen molar-refractivity contribution in [2.45, 2.75) is 19.4 Å². The minimum absolute atomic E-state index is 0.000580. The largest absolute Gasteiger partial charge is 0.484 e. The van der Waals surface area contributed by atoms with Gasteiger partial charge in [0.05, 0.1) is 0 Å². The van der Waals surface area contributed by atoms with Crippen LogP contribution in [0.4, 0.5) is 0 Å². The molecular weight excluding hydrogens is 244 g/mol. The van der Waals surface area contributed by atoms with Gasteiger partial charge in [-0.25, -0.2) is 0 Å². The molecule has 1 aliphatic rings. The lowest BCUT2D eigenvalue weighted by Crippen LogP contribution is -2.40. The summed E-state index contributed by atoms with van der Waals surface area (Å²) in [6, 6.07) is 9.25. The molecule has 1 aliphatic heterocycles. The van der Waals surface area contributed by atoms with Crippen LogP contribution in [-0.2, 0) is 9.59 Å². The molecule has 5 nitrogen and oxygen atoms in total. The minimum Gasteiger partial charge on any atom is -0.484 e. The molecule has 1 aromatic carbocycles. The van der Waals surface area contributed by atoms with Crippen LogP contribution in [0.1, 0.15) is 13.3 Å². The molecule has 1 aromatic rings. The molecule has 2 amide bonds. The fraction of sp³-hybridized carbons (Fsp3) is 0.429. The second-order valence-corrected chi connectivity index (χ2v) is 4.62. The summed E-state index contributed by atoms with van der Waals surface area (Å²) in [5.74, 6) is 0.575. The Hall–Kier alpha value is -2.04. The quantitative estimate of drug-likeness (QED) is 0.873. The van der Waals surface area contributed by atoms with E-state index in [1.54, 1.807) is 24.0 Å². The normalized spacial score (nSPS) is 18.2. The summed E-state index contributed by atoms with van der Waals surface area (Å²) in [5.41, 5.74) is 0. The molecule has 1 unspecified atom stereocenters. The van der Waals surface area contributed by atoms with Crippen LogP contribution < -0.4 is 10.1 Å². The van der Waals surface area contributed by atoms with E-state index in [4.69, 9.17) is 4.74 Å². The predicted molar refractivity (Wildman–Crippen MR) is 70.7 cm³/mol. The second kappa shape index (κ2) is 6.22. The van der Waals surface area contributed by atoms with Gasteiger partial charge >= 0.3 is 0 Å². The maximum Gasteiger partial charge on any atom is 0.258 e. The molecule has 0 radical (unpaired) electrons. The third-order valence-corrected chi connectivity index (χ3v) is 3.11. The molecule has 1 fully saturated rings. The topological polar surface area (TPSA) is 58.6 Å². The van der Waals surface area contributed by atoms with Crippen molar-refractivity contribution in [2.75, 3.05) is 19.7 Å². The summed E-state index contributed by atoms with van der Waals surface area (Å²) in [4.78, 5) is 24.6. The number of carbonyl (C=O) groups excluding carboxylic acids is 2. The predicted octanol–water partition coefficient (Wildman–Crippen LogP) is 0.802. The number of rotatable bonds is 4. The van der Waals surface area contributed by atoms with Crippen molar-refractivity contribution in [2.24, 2.45) is 0 Å². The highest BCUT2D eigenvalue weighted by molar-refractivity contribution is 5.78. The van der Waals surface area contributed by atoms with Crippen LogP contribution in [0.3, 0.4) is 0 Å². The Morgan fingerprint density at radius 2 is 2.11 bits per heavy atom. The number of carbonyl (C=O) groups is 2. The number of ether oxygens (including phenoxy) is 1. The summed E-state index contributed by atoms with van der Waals surface area (Å²) in [6.07, 6.45) is 0.802. The van der Waals surface area contributed by atoms with Gasteiger partial charge in [0.15, 0.2) is 6.61 Å². The summed E-state index contributed by atoms with van der Waals surface area (Å²) >= 11 is 0. The van der Waals surface area contributed by atoms with Crippen molar-refractivity contribution in [3.05, 3.63) is 30.3 Å². The highest BCUT2D eigenvalue weighted by atomic mass is 16.5. The molecule has 19 heavy (non-hydrogen) atoms. The fourth-order valence-corrected chi connectivity index (χ4v) is 2.10. The Morgan fingerprint density at radius 1 is 1.37 bits per heavy atom. The van der Waals surface area contributed by atoms with E-state index in [1.807, 2.05) is 18.2 Å². The van der Waals surface area contributed by atoms with Gasteiger partial charge in [0.25, 0.3) is 5.91 Å². The fourth-order valence-electron chi connectivity index (χ4n) is 2.10. The van der Waals surface area contributed by atoms with Crippen molar-refractivity contribution in [1.29, 1.82) is 0 Å². The number of hydrogen-bond donors (Lipinski definition) is 1. The van der Waals surface area contributed by atoms with Gasteiger partial charge in [-0.15, -0.1) is 0 Å². The number of nitrogens with zero attached hydrogens (tertiary/aromatic N) is 1. The first kappa shape index (κ1) is 13.4. The molecule has 1 atom stereocenters. The molecule has 1 heterocycles. The summed E-state index contributed by atoms with van der Waals surface area (Å²) in [6.45, 7) is 2.84. The average Bonchev–Trinajstić information content (AvgIpc) is 2.86. The van der Waals surface area contributed by atoms with Gasteiger partial charge in [-0.3, -0.25) is 9.59 Å². The molecule has 5 heteroatoms. The zero-order chi connectivity index (χ0) is 13.7. The molecule has 1 saturated heterocycles. The standard InChI is InChI=1S/C14H18N2O3/c1-11(17)16-8-7-12(9-16)15-14(18)10-19-13-5-3-2-4-6-13/h2-6,12H,7-10H2,1H3,(H,15,18). The maximum atomic E-state index is 11.7. The van der Waals surface area contributed by atoms with Crippen LogP contribution in [0, 0.1) is 0 Å². The lowest BCUT2D eigenvalue weighted by molar-refractivity contribution is -0.128. The van der Waals surface area contributed by atoms with E-state index < -0.39 is 0 Å². The molecule has 0 bridgehead atoms. The number of hydrogen-bond acceptors (Lipinski definition) is 3. The monoisotopic (exact) mass is 262 g/mol. The molecule has 2 rings (SSSR count). The minimum atomic E-state index is -0.153. The lowest BCUT2D eigenvalue weighted by atomic mass is 10.2. The van der Waals surface area contributed by atoms with Crippen LogP contribution in [0.25, 0.3) is 0 Å². The van der Waals surface area contributed by atoms with Crippen LogP contribution in [-0.4, -0.2) is 42.5 Å². The van der Waals surface area contributed by atoms with E-state index in [9.17, 15) is 9.59 Å². The Morgan fingerprint density at radius 3 is 2.74 bits per heavy atom. The Kier molecular flexibility index (Phi) is 4.39. The van der Waals surface area contributed by atoms with Crippen molar-refractivity contribution in [3.8, 4) is 5.75 Å². The van der Waals surface area contributed by atoms with Crippen molar-refractivity contribution in [1.82, 2.24) is 10.2 Å². The van der Waals surface area contributed by atoms with Gasteiger partial charge < -0.3 is 15.0 Å². The maximum absolute atomic E-state index is 11.7. The number of nitrogens with one attached hydrogen (secondary N) is 1. The Bertz CT molecular complexity index is 447. The van der Waals surface area contributed by atoms with Crippen molar-refractivity contribution >= 4 is 11.8 Å². The first-order valence-electron chi connectivity index (χ1n) is 6.38. The van der Waals surface area contributed by atoms with Gasteiger partial charge in [-0.1, -0.05) is 18.2 Å². The average molecular weight is 262 g/mol. The van der Waals surface area contributed by atoms with Gasteiger partial charge in [-0.2, -0.15) is 0 Å². The Labute approximate surface area is 112 Å². The third-order valence-electron chi connectivity index (χ3n) is 3.11. The summed E-state index contributed by atoms with van der Waals surface area (Å²) < 4.78 is 5.36. The summed E-state index contributed by atoms with van der Waals surface area (Å²) in [7, 11) is 0. The molecular formula is C14H18N2O3. The smallest absolute Gasteiger partial charge is 0.258 e. The van der Waals surface area contributed by atoms with E-state index in [1.165, 1.54) is 0 Å². The number of likely N-dealkylation sites (tertiary alicyclic amines) is 1. The SMILES string of the molecule is CC(=O)N1CCC(NC(=O)COc2ccccc2)C1. The zero-order valence-electron chi connectivity index (χ0n) is 11.0. The van der Waals surface area contributed by atoms with E-state index in [0.29, 0.717) is 18.8 Å². The molecule has 0 aliphatic carbocycles. The Balaban J connectivity index is 1.72. The second-order valence-electron chi connectivity index (χ2n) is 4.62. The van der Waals surface area contributed by atoms with Crippen LogP contribution in [0.5, 0.6) is 5.75 Å². The van der Waals surface area contributed by atoms with E-state index in [-0.39, 0.29) is 24.5 Å². The molecule has 102 valence electrons. The van der Waals surface area contributed by atoms with E-state index in [0.717, 1.165) is 6.42 Å². The first-order chi connectivity index (χ1) is 9.15. The zero-order valence-corrected chi connectivity index (χ0v) is 11.0. The van der Waals surface area contributed by atoms with Crippen LogP contribution in [0.15, 0.2) is 30.3 Å². The van der Waals surface area contributed by atoms with Gasteiger partial charge in [0.1, 0.15) is 5.75 Å². The molecule has 0 spiro atoms. The lowest BCUT2D eigenvalue weighted by Gasteiger charge is -2.15. The highest BCUT2D eigenvalue weighted by Crippen LogP contribution is 2.10. The third kappa shape index (κ3) is 3.98. The van der Waals surface area contributed by atoms with Crippen molar-refractivity contribution in [3.63, 3.8) is 0 Å². The van der Waals surface area contributed by atoms with Gasteiger partial charge in [0.2, 0.25) is 5.91 Å². The number of benzene rings is 1. The molecule has 0 aromatic heterocycles. The highest BCUT2D eigenvalue weighted by Gasteiger charge is 2.25. The molecule has 0 saturated carbocycles. The number of amides is 2. The van der Waals surface area contributed by atoms with Crippen molar-refractivity contribution < 1.29 is 14.3 Å². The van der Waals surface area contributed by atoms with Crippen LogP contribution >= 0.6 is 0 Å². The van der Waals surface area contributed by atoms with Gasteiger partial charge in [0, 0.05) is 26.1 Å².